The molecule has 1 fully saturated rings. The minimum Gasteiger partial charge on any atom is -0.497 e. The molecule has 1 aliphatic carbocycles. The highest BCUT2D eigenvalue weighted by molar-refractivity contribution is 5.83. The molecule has 2 atom stereocenters. The fourth-order valence-electron chi connectivity index (χ4n) is 4.34. The van der Waals surface area contributed by atoms with Crippen molar-refractivity contribution in [1.82, 2.24) is 19.5 Å². The third-order valence-corrected chi connectivity index (χ3v) is 6.14. The summed E-state index contributed by atoms with van der Waals surface area (Å²) in [6, 6.07) is 8.27. The lowest BCUT2D eigenvalue weighted by Gasteiger charge is -2.17. The van der Waals surface area contributed by atoms with Crippen molar-refractivity contribution in [3.63, 3.8) is 0 Å². The SMILES string of the molecule is COc1ccc(CNc2nc(CC3CCCC3CO)nc3c2ncn3C(C)C)cc1. The second-order valence-corrected chi connectivity index (χ2v) is 8.45. The van der Waals surface area contributed by atoms with Crippen molar-refractivity contribution in [3.8, 4) is 5.75 Å². The quantitative estimate of drug-likeness (QED) is 0.585. The topological polar surface area (TPSA) is 85.1 Å². The van der Waals surface area contributed by atoms with Crippen LogP contribution in [0.5, 0.6) is 5.75 Å². The van der Waals surface area contributed by atoms with Crippen LogP contribution in [-0.4, -0.2) is 38.3 Å². The number of aromatic nitrogens is 4. The van der Waals surface area contributed by atoms with Crippen molar-refractivity contribution in [1.29, 1.82) is 0 Å². The molecule has 0 bridgehead atoms. The maximum Gasteiger partial charge on any atom is 0.166 e. The Labute approximate surface area is 177 Å². The highest BCUT2D eigenvalue weighted by atomic mass is 16.5. The van der Waals surface area contributed by atoms with Crippen LogP contribution in [0.4, 0.5) is 5.82 Å². The molecule has 4 rings (SSSR count). The van der Waals surface area contributed by atoms with Gasteiger partial charge in [0.25, 0.3) is 0 Å². The summed E-state index contributed by atoms with van der Waals surface area (Å²) in [5, 5.41) is 13.2. The predicted molar refractivity (Wildman–Crippen MR) is 118 cm³/mol. The Kier molecular flexibility index (Phi) is 6.18. The number of methoxy groups -OCH3 is 1. The smallest absolute Gasteiger partial charge is 0.166 e. The molecule has 0 saturated heterocycles. The third kappa shape index (κ3) is 4.26. The monoisotopic (exact) mass is 409 g/mol. The molecule has 0 amide bonds. The summed E-state index contributed by atoms with van der Waals surface area (Å²) >= 11 is 0. The molecule has 0 aliphatic heterocycles. The number of nitrogens with one attached hydrogen (secondary N) is 1. The first kappa shape index (κ1) is 20.6. The molecule has 7 nitrogen and oxygen atoms in total. The van der Waals surface area contributed by atoms with E-state index in [-0.39, 0.29) is 12.6 Å². The van der Waals surface area contributed by atoms with E-state index in [9.17, 15) is 5.11 Å². The molecular weight excluding hydrogens is 378 g/mol. The van der Waals surface area contributed by atoms with Crippen molar-refractivity contribution in [2.45, 2.75) is 52.1 Å². The molecule has 0 spiro atoms. The summed E-state index contributed by atoms with van der Waals surface area (Å²) < 4.78 is 7.33. The Morgan fingerprint density at radius 3 is 2.63 bits per heavy atom. The van der Waals surface area contributed by atoms with Gasteiger partial charge >= 0.3 is 0 Å². The van der Waals surface area contributed by atoms with E-state index in [0.717, 1.165) is 53.4 Å². The molecule has 1 aliphatic rings. The van der Waals surface area contributed by atoms with Gasteiger partial charge in [-0.2, -0.15) is 0 Å². The zero-order valence-electron chi connectivity index (χ0n) is 18.0. The Morgan fingerprint density at radius 2 is 1.93 bits per heavy atom. The fourth-order valence-corrected chi connectivity index (χ4v) is 4.34. The number of hydrogen-bond acceptors (Lipinski definition) is 6. The van der Waals surface area contributed by atoms with Crippen LogP contribution in [0.15, 0.2) is 30.6 Å². The van der Waals surface area contributed by atoms with E-state index in [1.807, 2.05) is 30.6 Å². The van der Waals surface area contributed by atoms with Crippen LogP contribution < -0.4 is 10.1 Å². The first-order chi connectivity index (χ1) is 14.6. The first-order valence-electron chi connectivity index (χ1n) is 10.8. The number of aliphatic hydroxyl groups excluding tert-OH is 1. The minimum absolute atomic E-state index is 0.249. The largest absolute Gasteiger partial charge is 0.497 e. The number of imidazole rings is 1. The molecule has 160 valence electrons. The van der Waals surface area contributed by atoms with Crippen LogP contribution >= 0.6 is 0 Å². The molecule has 30 heavy (non-hydrogen) atoms. The summed E-state index contributed by atoms with van der Waals surface area (Å²) in [6.07, 6.45) is 6.03. The first-order valence-corrected chi connectivity index (χ1v) is 10.8. The summed E-state index contributed by atoms with van der Waals surface area (Å²) in [7, 11) is 1.67. The number of anilines is 1. The highest BCUT2D eigenvalue weighted by Gasteiger charge is 2.28. The number of nitrogens with zero attached hydrogens (tertiary/aromatic N) is 4. The Balaban J connectivity index is 1.62. The van der Waals surface area contributed by atoms with Gasteiger partial charge in [0.2, 0.25) is 0 Å². The van der Waals surface area contributed by atoms with Crippen molar-refractivity contribution in [3.05, 3.63) is 42.0 Å². The van der Waals surface area contributed by atoms with Crippen LogP contribution in [0.1, 0.15) is 50.5 Å². The maximum absolute atomic E-state index is 9.70. The Morgan fingerprint density at radius 1 is 1.17 bits per heavy atom. The molecule has 2 aromatic heterocycles. The standard InChI is InChI=1S/C23H31N5O2/c1-15(2)28-14-25-21-22(24-12-16-7-9-19(30-3)10-8-16)26-20(27-23(21)28)11-17-5-4-6-18(17)13-29/h7-10,14-15,17-18,29H,4-6,11-13H2,1-3H3,(H,24,26,27). The second kappa shape index (κ2) is 9.00. The van der Waals surface area contributed by atoms with Gasteiger partial charge in [0.15, 0.2) is 11.5 Å². The zero-order chi connectivity index (χ0) is 21.1. The van der Waals surface area contributed by atoms with Crippen molar-refractivity contribution in [2.24, 2.45) is 11.8 Å². The normalized spacial score (nSPS) is 19.0. The Bertz CT molecular complexity index is 983. The lowest BCUT2D eigenvalue weighted by Crippen LogP contribution is -2.17. The lowest BCUT2D eigenvalue weighted by atomic mass is 9.93. The van der Waals surface area contributed by atoms with Crippen molar-refractivity contribution >= 4 is 17.0 Å². The molecule has 1 aromatic carbocycles. The van der Waals surface area contributed by atoms with Crippen LogP contribution in [0.3, 0.4) is 0 Å². The number of ether oxygens (including phenoxy) is 1. The lowest BCUT2D eigenvalue weighted by molar-refractivity contribution is 0.193. The van der Waals surface area contributed by atoms with Crippen LogP contribution in [-0.2, 0) is 13.0 Å². The molecule has 2 heterocycles. The molecule has 0 radical (unpaired) electrons. The van der Waals surface area contributed by atoms with Gasteiger partial charge in [-0.25, -0.2) is 15.0 Å². The molecular formula is C23H31N5O2. The van der Waals surface area contributed by atoms with Crippen molar-refractivity contribution < 1.29 is 9.84 Å². The van der Waals surface area contributed by atoms with Gasteiger partial charge in [-0.1, -0.05) is 18.6 Å². The number of fused-ring (bicyclic) bond motifs is 1. The van der Waals surface area contributed by atoms with E-state index in [1.165, 1.54) is 6.42 Å². The fraction of sp³-hybridized carbons (Fsp3) is 0.522. The average molecular weight is 410 g/mol. The number of benzene rings is 1. The van der Waals surface area contributed by atoms with E-state index in [0.29, 0.717) is 18.4 Å². The van der Waals surface area contributed by atoms with E-state index < -0.39 is 0 Å². The molecule has 3 aromatic rings. The van der Waals surface area contributed by atoms with Crippen LogP contribution in [0, 0.1) is 11.8 Å². The van der Waals surface area contributed by atoms with Gasteiger partial charge in [-0.15, -0.1) is 0 Å². The van der Waals surface area contributed by atoms with Crippen LogP contribution in [0.2, 0.25) is 0 Å². The minimum atomic E-state index is 0.249. The van der Waals surface area contributed by atoms with Crippen LogP contribution in [0.25, 0.3) is 11.2 Å². The molecule has 2 N–H and O–H groups in total. The second-order valence-electron chi connectivity index (χ2n) is 8.45. The van der Waals surface area contributed by atoms with Gasteiger partial charge < -0.3 is 19.7 Å². The van der Waals surface area contributed by atoms with E-state index in [2.05, 4.69) is 28.7 Å². The van der Waals surface area contributed by atoms with Gasteiger partial charge in [-0.05, 0) is 56.2 Å². The molecule has 7 heteroatoms. The van der Waals surface area contributed by atoms with E-state index >= 15 is 0 Å². The van der Waals surface area contributed by atoms with Crippen molar-refractivity contribution in [2.75, 3.05) is 19.0 Å². The van der Waals surface area contributed by atoms with Gasteiger partial charge in [0, 0.05) is 25.6 Å². The molecule has 1 saturated carbocycles. The number of aliphatic hydroxyl groups is 1. The van der Waals surface area contributed by atoms with E-state index in [4.69, 9.17) is 14.7 Å². The maximum atomic E-state index is 9.70. The van der Waals surface area contributed by atoms with E-state index in [1.54, 1.807) is 7.11 Å². The predicted octanol–water partition coefficient (Wildman–Crippen LogP) is 3.98. The van der Waals surface area contributed by atoms with Gasteiger partial charge in [-0.3, -0.25) is 0 Å². The molecule has 2 unspecified atom stereocenters. The summed E-state index contributed by atoms with van der Waals surface area (Å²) in [5.41, 5.74) is 2.81. The summed E-state index contributed by atoms with van der Waals surface area (Å²) in [4.78, 5) is 14.3. The number of hydrogen-bond donors (Lipinski definition) is 2. The Hall–Kier alpha value is -2.67. The highest BCUT2D eigenvalue weighted by Crippen LogP contribution is 2.34. The van der Waals surface area contributed by atoms with Gasteiger partial charge in [0.05, 0.1) is 13.4 Å². The summed E-state index contributed by atoms with van der Waals surface area (Å²) in [6.45, 7) is 5.16. The average Bonchev–Trinajstić information content (AvgIpc) is 3.39. The van der Waals surface area contributed by atoms with Gasteiger partial charge in [0.1, 0.15) is 17.1 Å². The third-order valence-electron chi connectivity index (χ3n) is 6.14. The zero-order valence-corrected chi connectivity index (χ0v) is 18.0. The number of rotatable bonds is 8. The summed E-state index contributed by atoms with van der Waals surface area (Å²) in [5.74, 6) is 3.24.